The molecule has 0 rings (SSSR count). The maximum absolute atomic E-state index is 13.0. The predicted octanol–water partition coefficient (Wildman–Crippen LogP) is 4.28. The van der Waals surface area contributed by atoms with Crippen LogP contribution in [0, 0.1) is 0 Å². The first-order valence-electron chi connectivity index (χ1n) is 3.57. The smallest absolute Gasteiger partial charge is 0.227 e. The summed E-state index contributed by atoms with van der Waals surface area (Å²) in [4.78, 5) is 0. The van der Waals surface area contributed by atoms with Gasteiger partial charge in [0.25, 0.3) is 5.67 Å². The summed E-state index contributed by atoms with van der Waals surface area (Å²) in [6.07, 6.45) is -14.9. The summed E-state index contributed by atoms with van der Waals surface area (Å²) >= 11 is 1.08. The van der Waals surface area contributed by atoms with Crippen molar-refractivity contribution in [2.24, 2.45) is 0 Å². The Kier molecular flexibility index (Phi) is 4.43. The standard InChI is InChI=1S/C6H4F9I/c7-3(1-2-16,5(10,11)12)4(8,9)6(13,14)15/h1-2H2/t3-/m1/s1. The molecule has 98 valence electrons. The fourth-order valence-electron chi connectivity index (χ4n) is 0.832. The van der Waals surface area contributed by atoms with E-state index in [1.54, 1.807) is 0 Å². The zero-order valence-electron chi connectivity index (χ0n) is 7.19. The Labute approximate surface area is 97.3 Å². The van der Waals surface area contributed by atoms with Crippen molar-refractivity contribution in [2.75, 3.05) is 4.43 Å². The van der Waals surface area contributed by atoms with Crippen LogP contribution in [0.2, 0.25) is 0 Å². The zero-order chi connectivity index (χ0) is 13.4. The summed E-state index contributed by atoms with van der Waals surface area (Å²) in [7, 11) is 0. The topological polar surface area (TPSA) is 0 Å². The minimum Gasteiger partial charge on any atom is -0.227 e. The van der Waals surface area contributed by atoms with Crippen LogP contribution in [-0.2, 0) is 0 Å². The lowest BCUT2D eigenvalue weighted by Crippen LogP contribution is -2.62. The number of alkyl halides is 10. The van der Waals surface area contributed by atoms with Gasteiger partial charge in [0, 0.05) is 10.8 Å². The van der Waals surface area contributed by atoms with E-state index in [0.717, 1.165) is 22.6 Å². The van der Waals surface area contributed by atoms with Gasteiger partial charge in [-0.05, 0) is 0 Å². The molecule has 0 aromatic heterocycles. The van der Waals surface area contributed by atoms with Crippen LogP contribution in [0.25, 0.3) is 0 Å². The van der Waals surface area contributed by atoms with Gasteiger partial charge in [0.05, 0.1) is 0 Å². The van der Waals surface area contributed by atoms with Crippen molar-refractivity contribution < 1.29 is 39.5 Å². The van der Waals surface area contributed by atoms with Crippen LogP contribution < -0.4 is 0 Å². The third kappa shape index (κ3) is 2.50. The highest BCUT2D eigenvalue weighted by Gasteiger charge is 2.80. The largest absolute Gasteiger partial charge is 0.457 e. The normalized spacial score (nSPS) is 18.4. The zero-order valence-corrected chi connectivity index (χ0v) is 9.35. The van der Waals surface area contributed by atoms with Gasteiger partial charge in [0.1, 0.15) is 0 Å². The van der Waals surface area contributed by atoms with Crippen LogP contribution in [-0.4, -0.2) is 28.4 Å². The van der Waals surface area contributed by atoms with E-state index >= 15 is 0 Å². The van der Waals surface area contributed by atoms with Crippen molar-refractivity contribution in [2.45, 2.75) is 30.4 Å². The highest BCUT2D eigenvalue weighted by molar-refractivity contribution is 14.1. The third-order valence-electron chi connectivity index (χ3n) is 1.74. The molecule has 0 saturated heterocycles. The van der Waals surface area contributed by atoms with Crippen molar-refractivity contribution in [1.29, 1.82) is 0 Å². The first kappa shape index (κ1) is 16.1. The van der Waals surface area contributed by atoms with E-state index in [4.69, 9.17) is 0 Å². The van der Waals surface area contributed by atoms with Crippen molar-refractivity contribution in [3.05, 3.63) is 0 Å². The second-order valence-electron chi connectivity index (χ2n) is 2.81. The molecule has 0 unspecified atom stereocenters. The molecule has 0 aliphatic rings. The van der Waals surface area contributed by atoms with Gasteiger partial charge in [-0.1, -0.05) is 22.6 Å². The number of hydrogen-bond donors (Lipinski definition) is 0. The Morgan fingerprint density at radius 2 is 1.06 bits per heavy atom. The van der Waals surface area contributed by atoms with E-state index in [0.29, 0.717) is 0 Å². The van der Waals surface area contributed by atoms with E-state index in [1.165, 1.54) is 0 Å². The summed E-state index contributed by atoms with van der Waals surface area (Å²) in [6, 6.07) is 0. The fourth-order valence-corrected chi connectivity index (χ4v) is 1.57. The Morgan fingerprint density at radius 1 is 0.688 bits per heavy atom. The molecule has 0 amide bonds. The third-order valence-corrected chi connectivity index (χ3v) is 2.28. The van der Waals surface area contributed by atoms with Crippen molar-refractivity contribution >= 4 is 22.6 Å². The predicted molar refractivity (Wildman–Crippen MR) is 44.4 cm³/mol. The van der Waals surface area contributed by atoms with E-state index in [-0.39, 0.29) is 0 Å². The van der Waals surface area contributed by atoms with Crippen LogP contribution in [0.4, 0.5) is 39.5 Å². The van der Waals surface area contributed by atoms with E-state index in [1.807, 2.05) is 0 Å². The first-order valence-corrected chi connectivity index (χ1v) is 5.10. The van der Waals surface area contributed by atoms with Crippen molar-refractivity contribution in [3.63, 3.8) is 0 Å². The molecular formula is C6H4F9I. The number of hydrogen-bond acceptors (Lipinski definition) is 0. The molecule has 0 heterocycles. The molecule has 0 spiro atoms. The van der Waals surface area contributed by atoms with Crippen LogP contribution in [0.3, 0.4) is 0 Å². The van der Waals surface area contributed by atoms with Gasteiger partial charge < -0.3 is 0 Å². The molecular weight excluding hydrogens is 370 g/mol. The maximum atomic E-state index is 13.0. The second-order valence-corrected chi connectivity index (χ2v) is 3.89. The minimum atomic E-state index is -6.59. The van der Waals surface area contributed by atoms with Gasteiger partial charge in [-0.25, -0.2) is 4.39 Å². The Bertz CT molecular complexity index is 241. The van der Waals surface area contributed by atoms with Crippen molar-refractivity contribution in [1.82, 2.24) is 0 Å². The molecule has 10 heteroatoms. The van der Waals surface area contributed by atoms with E-state index in [9.17, 15) is 39.5 Å². The molecule has 0 aliphatic carbocycles. The number of halogens is 10. The average Bonchev–Trinajstić information content (AvgIpc) is 1.99. The molecule has 1 atom stereocenters. The van der Waals surface area contributed by atoms with E-state index < -0.39 is 34.8 Å². The molecule has 0 saturated carbocycles. The van der Waals surface area contributed by atoms with Crippen LogP contribution in [0.1, 0.15) is 6.42 Å². The molecule has 0 nitrogen and oxygen atoms in total. The second kappa shape index (κ2) is 4.41. The molecule has 0 bridgehead atoms. The summed E-state index contributed by atoms with van der Waals surface area (Å²) in [6.45, 7) is 0. The van der Waals surface area contributed by atoms with Gasteiger partial charge >= 0.3 is 18.3 Å². The van der Waals surface area contributed by atoms with E-state index in [2.05, 4.69) is 0 Å². The molecule has 0 N–H and O–H groups in total. The van der Waals surface area contributed by atoms with Gasteiger partial charge in [0.15, 0.2) is 0 Å². The lowest BCUT2D eigenvalue weighted by molar-refractivity contribution is -0.383. The van der Waals surface area contributed by atoms with Crippen molar-refractivity contribution in [3.8, 4) is 0 Å². The SMILES string of the molecule is FC(F)(F)C(F)(F)[C@](F)(CCI)C(F)(F)F. The number of rotatable bonds is 3. The Hall–Kier alpha value is 0.1000. The van der Waals surface area contributed by atoms with Crippen LogP contribution >= 0.6 is 22.6 Å². The highest BCUT2D eigenvalue weighted by Crippen LogP contribution is 2.54. The van der Waals surface area contributed by atoms with Crippen LogP contribution in [0.15, 0.2) is 0 Å². The molecule has 0 aromatic carbocycles. The van der Waals surface area contributed by atoms with Crippen LogP contribution in [0.5, 0.6) is 0 Å². The Balaban J connectivity index is 5.54. The summed E-state index contributed by atoms with van der Waals surface area (Å²) in [5.74, 6) is -6.47. The highest BCUT2D eigenvalue weighted by atomic mass is 127. The summed E-state index contributed by atoms with van der Waals surface area (Å²) < 4.78 is 108. The monoisotopic (exact) mass is 374 g/mol. The lowest BCUT2D eigenvalue weighted by Gasteiger charge is -2.35. The van der Waals surface area contributed by atoms with Gasteiger partial charge in [0.2, 0.25) is 0 Å². The molecule has 0 radical (unpaired) electrons. The molecule has 0 aromatic rings. The Morgan fingerprint density at radius 3 is 1.25 bits per heavy atom. The molecule has 0 fully saturated rings. The maximum Gasteiger partial charge on any atom is 0.457 e. The van der Waals surface area contributed by atoms with Gasteiger partial charge in [-0.15, -0.1) is 0 Å². The molecule has 0 aliphatic heterocycles. The minimum absolute atomic E-state index is 0.834. The summed E-state index contributed by atoms with van der Waals surface area (Å²) in [5.41, 5.74) is -5.60. The fraction of sp³-hybridized carbons (Fsp3) is 1.00. The summed E-state index contributed by atoms with van der Waals surface area (Å²) in [5, 5.41) is 0. The first-order chi connectivity index (χ1) is 6.81. The lowest BCUT2D eigenvalue weighted by atomic mass is 9.93. The average molecular weight is 374 g/mol. The van der Waals surface area contributed by atoms with Gasteiger partial charge in [-0.3, -0.25) is 0 Å². The van der Waals surface area contributed by atoms with Gasteiger partial charge in [-0.2, -0.15) is 35.1 Å². The molecule has 16 heavy (non-hydrogen) atoms. The quantitative estimate of drug-likeness (QED) is 0.393.